The van der Waals surface area contributed by atoms with E-state index in [2.05, 4.69) is 66.3 Å². The smallest absolute Gasteiger partial charge is 0.243 e. The van der Waals surface area contributed by atoms with Crippen molar-refractivity contribution in [1.29, 1.82) is 0 Å². The molecule has 0 unspecified atom stereocenters. The fraction of sp³-hybridized carbons (Fsp3) is 0.394. The third-order valence-corrected chi connectivity index (χ3v) is 7.45. The second-order valence-electron chi connectivity index (χ2n) is 11.1. The lowest BCUT2D eigenvalue weighted by molar-refractivity contribution is -0.141. The first-order chi connectivity index (χ1) is 18.1. The molecule has 202 valence electrons. The molecule has 5 heteroatoms. The minimum absolute atomic E-state index is 0.0230. The Bertz CT molecular complexity index is 1190. The van der Waals surface area contributed by atoms with Crippen molar-refractivity contribution >= 4 is 27.7 Å². The lowest BCUT2D eigenvalue weighted by Gasteiger charge is -2.32. The van der Waals surface area contributed by atoms with Crippen LogP contribution in [0.5, 0.6) is 0 Å². The highest BCUT2D eigenvalue weighted by Crippen LogP contribution is 2.23. The molecule has 3 aromatic carbocycles. The molecule has 0 aliphatic carbocycles. The van der Waals surface area contributed by atoms with Crippen molar-refractivity contribution in [3.63, 3.8) is 0 Å². The normalized spacial score (nSPS) is 13.0. The van der Waals surface area contributed by atoms with Gasteiger partial charge in [0.25, 0.3) is 0 Å². The topological polar surface area (TPSA) is 49.4 Å². The van der Waals surface area contributed by atoms with Crippen LogP contribution in [0.4, 0.5) is 0 Å². The van der Waals surface area contributed by atoms with Crippen LogP contribution in [0.25, 0.3) is 0 Å². The highest BCUT2D eigenvalue weighted by atomic mass is 79.9. The summed E-state index contributed by atoms with van der Waals surface area (Å²) in [6.45, 7) is 11.0. The van der Waals surface area contributed by atoms with Crippen molar-refractivity contribution in [3.8, 4) is 0 Å². The minimum Gasteiger partial charge on any atom is -0.352 e. The van der Waals surface area contributed by atoms with Gasteiger partial charge in [-0.05, 0) is 59.6 Å². The number of carbonyl (C=O) groups is 2. The summed E-state index contributed by atoms with van der Waals surface area (Å²) in [5.41, 5.74) is 4.49. The van der Waals surface area contributed by atoms with Crippen LogP contribution < -0.4 is 5.32 Å². The molecular weight excluding hydrogens is 536 g/mol. The summed E-state index contributed by atoms with van der Waals surface area (Å²) in [4.78, 5) is 29.2. The summed E-state index contributed by atoms with van der Waals surface area (Å²) in [6, 6.07) is 25.8. The van der Waals surface area contributed by atoms with Gasteiger partial charge in [0.2, 0.25) is 11.8 Å². The van der Waals surface area contributed by atoms with Gasteiger partial charge < -0.3 is 10.2 Å². The van der Waals surface area contributed by atoms with E-state index < -0.39 is 6.04 Å². The number of rotatable bonds is 11. The van der Waals surface area contributed by atoms with Crippen LogP contribution in [0.3, 0.4) is 0 Å². The predicted molar refractivity (Wildman–Crippen MR) is 160 cm³/mol. The number of aryl methyl sites for hydroxylation is 1. The Morgan fingerprint density at radius 2 is 1.55 bits per heavy atom. The molecule has 0 aromatic heterocycles. The average Bonchev–Trinajstić information content (AvgIpc) is 2.89. The molecule has 1 N–H and O–H groups in total. The van der Waals surface area contributed by atoms with Crippen LogP contribution in [0.2, 0.25) is 0 Å². The molecule has 0 radical (unpaired) electrons. The third-order valence-electron chi connectivity index (χ3n) is 6.96. The number of carbonyl (C=O) groups excluding carboxylic acids is 2. The van der Waals surface area contributed by atoms with E-state index in [-0.39, 0.29) is 23.3 Å². The first-order valence-corrected chi connectivity index (χ1v) is 14.3. The molecule has 0 aliphatic rings. The summed E-state index contributed by atoms with van der Waals surface area (Å²) >= 11 is 3.55. The monoisotopic (exact) mass is 576 g/mol. The zero-order valence-electron chi connectivity index (χ0n) is 23.3. The van der Waals surface area contributed by atoms with Gasteiger partial charge in [-0.3, -0.25) is 9.59 Å². The van der Waals surface area contributed by atoms with Crippen molar-refractivity contribution in [2.24, 2.45) is 0 Å². The van der Waals surface area contributed by atoms with Gasteiger partial charge in [-0.15, -0.1) is 0 Å². The second kappa shape index (κ2) is 13.7. The van der Waals surface area contributed by atoms with E-state index in [0.717, 1.165) is 27.6 Å². The van der Waals surface area contributed by atoms with Gasteiger partial charge in [-0.2, -0.15) is 0 Å². The number of benzene rings is 3. The molecule has 0 heterocycles. The molecule has 2 atom stereocenters. The maximum absolute atomic E-state index is 13.9. The standard InChI is InChI=1S/C33H41BrN2O2/c1-6-24(2)35-32(38)30(22-26-11-8-7-9-12-26)36(23-27-13-10-14-29(34)21-27)31(37)20-17-25-15-18-28(19-16-25)33(3,4)5/h7-16,18-19,21,24,30H,6,17,20,22-23H2,1-5H3,(H,35,38)/t24-,30+/m0/s1. The van der Waals surface area contributed by atoms with Crippen molar-refractivity contribution in [2.45, 2.75) is 84.3 Å². The van der Waals surface area contributed by atoms with E-state index in [1.165, 1.54) is 5.56 Å². The SMILES string of the molecule is CC[C@H](C)NC(=O)[C@@H](Cc1ccccc1)N(Cc1cccc(Br)c1)C(=O)CCc1ccc(C(C)(C)C)cc1. The van der Waals surface area contributed by atoms with Crippen LogP contribution >= 0.6 is 15.9 Å². The van der Waals surface area contributed by atoms with Crippen LogP contribution in [0.15, 0.2) is 83.3 Å². The van der Waals surface area contributed by atoms with Crippen LogP contribution in [0.1, 0.15) is 69.7 Å². The maximum Gasteiger partial charge on any atom is 0.243 e. The van der Waals surface area contributed by atoms with Crippen LogP contribution in [-0.4, -0.2) is 28.8 Å². The molecule has 0 saturated heterocycles. The van der Waals surface area contributed by atoms with Crippen molar-refractivity contribution < 1.29 is 9.59 Å². The van der Waals surface area contributed by atoms with Crippen LogP contribution in [-0.2, 0) is 34.4 Å². The molecule has 0 saturated carbocycles. The first kappa shape index (κ1) is 29.6. The van der Waals surface area contributed by atoms with E-state index in [0.29, 0.717) is 25.8 Å². The van der Waals surface area contributed by atoms with Gasteiger partial charge in [-0.25, -0.2) is 0 Å². The lowest BCUT2D eigenvalue weighted by atomic mass is 9.86. The molecule has 0 spiro atoms. The Kier molecular flexibility index (Phi) is 10.7. The zero-order valence-corrected chi connectivity index (χ0v) is 24.9. The molecule has 4 nitrogen and oxygen atoms in total. The molecule has 3 rings (SSSR count). The van der Waals surface area contributed by atoms with Gasteiger partial charge in [0.1, 0.15) is 6.04 Å². The lowest BCUT2D eigenvalue weighted by Crippen LogP contribution is -2.52. The van der Waals surface area contributed by atoms with Gasteiger partial charge >= 0.3 is 0 Å². The Morgan fingerprint density at radius 1 is 0.895 bits per heavy atom. The minimum atomic E-state index is -0.610. The summed E-state index contributed by atoms with van der Waals surface area (Å²) in [7, 11) is 0. The molecular formula is C33H41BrN2O2. The average molecular weight is 578 g/mol. The van der Waals surface area contributed by atoms with E-state index >= 15 is 0 Å². The van der Waals surface area contributed by atoms with E-state index in [1.54, 1.807) is 4.90 Å². The highest BCUT2D eigenvalue weighted by Gasteiger charge is 2.30. The maximum atomic E-state index is 13.9. The Hall–Kier alpha value is -2.92. The molecule has 0 aliphatic heterocycles. The van der Waals surface area contributed by atoms with Gasteiger partial charge in [0.05, 0.1) is 0 Å². The molecule has 38 heavy (non-hydrogen) atoms. The van der Waals surface area contributed by atoms with Crippen molar-refractivity contribution in [3.05, 3.63) is 106 Å². The fourth-order valence-corrected chi connectivity index (χ4v) is 4.84. The largest absolute Gasteiger partial charge is 0.352 e. The quantitative estimate of drug-likeness (QED) is 0.261. The predicted octanol–water partition coefficient (Wildman–Crippen LogP) is 7.23. The molecule has 3 aromatic rings. The highest BCUT2D eigenvalue weighted by molar-refractivity contribution is 9.10. The summed E-state index contributed by atoms with van der Waals surface area (Å²) in [5.74, 6) is -0.133. The number of hydrogen-bond acceptors (Lipinski definition) is 2. The van der Waals surface area contributed by atoms with Crippen LogP contribution in [0, 0.1) is 0 Å². The van der Waals surface area contributed by atoms with Gasteiger partial charge in [-0.1, -0.05) is 110 Å². The van der Waals surface area contributed by atoms with Crippen molar-refractivity contribution in [1.82, 2.24) is 10.2 Å². The van der Waals surface area contributed by atoms with E-state index in [9.17, 15) is 9.59 Å². The van der Waals surface area contributed by atoms with Crippen molar-refractivity contribution in [2.75, 3.05) is 0 Å². The van der Waals surface area contributed by atoms with E-state index in [1.807, 2.05) is 68.4 Å². The zero-order chi connectivity index (χ0) is 27.7. The third kappa shape index (κ3) is 8.83. The first-order valence-electron chi connectivity index (χ1n) is 13.5. The number of nitrogens with one attached hydrogen (secondary N) is 1. The Morgan fingerprint density at radius 3 is 2.16 bits per heavy atom. The Balaban J connectivity index is 1.89. The summed E-state index contributed by atoms with van der Waals surface area (Å²) in [6.07, 6.45) is 2.26. The van der Waals surface area contributed by atoms with Gasteiger partial charge in [0.15, 0.2) is 0 Å². The molecule has 0 fully saturated rings. The second-order valence-corrected chi connectivity index (χ2v) is 12.0. The summed E-state index contributed by atoms with van der Waals surface area (Å²) < 4.78 is 0.949. The number of hydrogen-bond donors (Lipinski definition) is 1. The number of amides is 2. The Labute approximate surface area is 237 Å². The molecule has 0 bridgehead atoms. The van der Waals surface area contributed by atoms with Gasteiger partial charge in [0, 0.05) is 29.9 Å². The van der Waals surface area contributed by atoms with E-state index in [4.69, 9.17) is 0 Å². The fourth-order valence-electron chi connectivity index (χ4n) is 4.39. The summed E-state index contributed by atoms with van der Waals surface area (Å²) in [5, 5.41) is 3.13. The number of nitrogens with zero attached hydrogens (tertiary/aromatic N) is 1. The number of halogens is 1. The molecule has 2 amide bonds.